The van der Waals surface area contributed by atoms with Crippen LogP contribution in [0.25, 0.3) is 5.95 Å². The van der Waals surface area contributed by atoms with Crippen LogP contribution in [0.1, 0.15) is 28.7 Å². The molecule has 1 aromatic carbocycles. The quantitative estimate of drug-likeness (QED) is 0.731. The van der Waals surface area contributed by atoms with Crippen molar-refractivity contribution in [2.45, 2.75) is 20.3 Å². The van der Waals surface area contributed by atoms with Gasteiger partial charge in [0, 0.05) is 17.8 Å². The van der Waals surface area contributed by atoms with Crippen LogP contribution in [0.5, 0.6) is 5.75 Å². The maximum absolute atomic E-state index is 12.7. The molecule has 0 saturated heterocycles. The van der Waals surface area contributed by atoms with Crippen LogP contribution in [0.4, 0.5) is 5.82 Å². The van der Waals surface area contributed by atoms with E-state index in [1.54, 1.807) is 37.3 Å². The molecule has 0 spiro atoms. The maximum Gasteiger partial charge on any atom is 0.260 e. The molecule has 2 N–H and O–H groups in total. The molecule has 3 rings (SSSR count). The highest BCUT2D eigenvalue weighted by Crippen LogP contribution is 2.20. The number of benzene rings is 1. The van der Waals surface area contributed by atoms with Crippen LogP contribution in [0.2, 0.25) is 0 Å². The van der Waals surface area contributed by atoms with Crippen LogP contribution in [0.15, 0.2) is 41.2 Å². The molecule has 0 radical (unpaired) electrons. The minimum absolute atomic E-state index is 0.248. The molecule has 2 heterocycles. The summed E-state index contributed by atoms with van der Waals surface area (Å²) >= 11 is 0. The molecule has 0 aliphatic heterocycles. The number of aromatic nitrogens is 4. The molecule has 0 bridgehead atoms. The van der Waals surface area contributed by atoms with E-state index in [0.29, 0.717) is 34.9 Å². The van der Waals surface area contributed by atoms with E-state index >= 15 is 0 Å². The van der Waals surface area contributed by atoms with E-state index in [1.807, 2.05) is 6.92 Å². The minimum Gasteiger partial charge on any atom is -0.496 e. The van der Waals surface area contributed by atoms with Crippen LogP contribution in [0, 0.1) is 6.92 Å². The summed E-state index contributed by atoms with van der Waals surface area (Å²) in [5, 5.41) is 7.12. The zero-order chi connectivity index (χ0) is 18.7. The number of ether oxygens (including phenoxy) is 1. The number of para-hydroxylation sites is 1. The zero-order valence-electron chi connectivity index (χ0n) is 14.7. The second-order valence-corrected chi connectivity index (χ2v) is 5.65. The maximum atomic E-state index is 12.7. The number of nitrogens with zero attached hydrogens (tertiary/aromatic N) is 3. The lowest BCUT2D eigenvalue weighted by atomic mass is 10.2. The first-order valence-corrected chi connectivity index (χ1v) is 8.13. The van der Waals surface area contributed by atoms with Crippen molar-refractivity contribution in [3.8, 4) is 11.7 Å². The zero-order valence-corrected chi connectivity index (χ0v) is 14.7. The average molecular weight is 353 g/mol. The molecule has 0 aliphatic rings. The van der Waals surface area contributed by atoms with E-state index in [9.17, 15) is 9.59 Å². The Morgan fingerprint density at radius 1 is 1.31 bits per heavy atom. The lowest BCUT2D eigenvalue weighted by Crippen LogP contribution is -2.19. The summed E-state index contributed by atoms with van der Waals surface area (Å²) in [6.07, 6.45) is 0.611. The molecule has 1 amide bonds. The topological polar surface area (TPSA) is 102 Å². The van der Waals surface area contributed by atoms with E-state index in [1.165, 1.54) is 17.9 Å². The van der Waals surface area contributed by atoms with Gasteiger partial charge in [0.2, 0.25) is 5.95 Å². The molecule has 0 unspecified atom stereocenters. The first-order valence-electron chi connectivity index (χ1n) is 8.13. The Balaban J connectivity index is 1.99. The number of hydrogen-bond donors (Lipinski definition) is 2. The molecule has 8 heteroatoms. The monoisotopic (exact) mass is 353 g/mol. The van der Waals surface area contributed by atoms with E-state index in [0.717, 1.165) is 0 Å². The van der Waals surface area contributed by atoms with Gasteiger partial charge in [-0.15, -0.1) is 0 Å². The fourth-order valence-corrected chi connectivity index (χ4v) is 2.54. The lowest BCUT2D eigenvalue weighted by Gasteiger charge is -2.10. The van der Waals surface area contributed by atoms with Crippen molar-refractivity contribution in [2.24, 2.45) is 0 Å². The summed E-state index contributed by atoms with van der Waals surface area (Å²) in [6.45, 7) is 3.70. The number of amides is 1. The number of carbonyl (C=O) groups is 1. The van der Waals surface area contributed by atoms with Gasteiger partial charge in [-0.2, -0.15) is 9.78 Å². The Hall–Kier alpha value is -3.42. The number of anilines is 1. The van der Waals surface area contributed by atoms with Crippen molar-refractivity contribution in [1.82, 2.24) is 19.7 Å². The van der Waals surface area contributed by atoms with Crippen molar-refractivity contribution < 1.29 is 9.53 Å². The van der Waals surface area contributed by atoms with E-state index in [4.69, 9.17) is 4.74 Å². The summed E-state index contributed by atoms with van der Waals surface area (Å²) in [4.78, 5) is 31.5. The Morgan fingerprint density at radius 2 is 2.08 bits per heavy atom. The summed E-state index contributed by atoms with van der Waals surface area (Å²) in [6, 6.07) is 10.1. The van der Waals surface area contributed by atoms with Gasteiger partial charge < -0.3 is 10.1 Å². The van der Waals surface area contributed by atoms with Gasteiger partial charge in [0.25, 0.3) is 11.5 Å². The summed E-state index contributed by atoms with van der Waals surface area (Å²) in [5.41, 5.74) is 1.43. The number of aromatic amines is 1. The lowest BCUT2D eigenvalue weighted by molar-refractivity contribution is 0.102. The van der Waals surface area contributed by atoms with Crippen LogP contribution in [-0.2, 0) is 6.42 Å². The van der Waals surface area contributed by atoms with Crippen molar-refractivity contribution in [1.29, 1.82) is 0 Å². The molecule has 134 valence electrons. The predicted molar refractivity (Wildman–Crippen MR) is 97.0 cm³/mol. The third-order valence-electron chi connectivity index (χ3n) is 3.77. The summed E-state index contributed by atoms with van der Waals surface area (Å²) < 4.78 is 6.63. The van der Waals surface area contributed by atoms with Crippen molar-refractivity contribution in [3.05, 3.63) is 63.7 Å². The number of methoxy groups -OCH3 is 1. The normalized spacial score (nSPS) is 10.6. The Bertz CT molecular complexity index is 1010. The Morgan fingerprint density at radius 3 is 2.81 bits per heavy atom. The number of rotatable bonds is 5. The number of nitrogens with one attached hydrogen (secondary N) is 2. The number of H-pyrrole nitrogens is 1. The third-order valence-corrected chi connectivity index (χ3v) is 3.77. The number of hydrogen-bond acceptors (Lipinski definition) is 5. The first-order chi connectivity index (χ1) is 12.5. The van der Waals surface area contributed by atoms with Gasteiger partial charge in [0.15, 0.2) is 0 Å². The van der Waals surface area contributed by atoms with Gasteiger partial charge in [-0.05, 0) is 25.5 Å². The molecule has 0 aliphatic carbocycles. The van der Waals surface area contributed by atoms with Gasteiger partial charge >= 0.3 is 0 Å². The number of carbonyl (C=O) groups excluding carboxylic acids is 1. The van der Waals surface area contributed by atoms with Crippen LogP contribution in [0.3, 0.4) is 0 Å². The molecule has 0 saturated carbocycles. The molecular weight excluding hydrogens is 334 g/mol. The highest BCUT2D eigenvalue weighted by molar-refractivity contribution is 6.05. The van der Waals surface area contributed by atoms with Crippen molar-refractivity contribution in [2.75, 3.05) is 12.4 Å². The fourth-order valence-electron chi connectivity index (χ4n) is 2.54. The fraction of sp³-hybridized carbons (Fsp3) is 0.222. The van der Waals surface area contributed by atoms with Crippen molar-refractivity contribution in [3.63, 3.8) is 0 Å². The Labute approximate surface area is 149 Å². The average Bonchev–Trinajstić information content (AvgIpc) is 3.01. The second-order valence-electron chi connectivity index (χ2n) is 5.65. The minimum atomic E-state index is -0.349. The van der Waals surface area contributed by atoms with E-state index < -0.39 is 0 Å². The largest absolute Gasteiger partial charge is 0.496 e. The molecule has 2 aromatic heterocycles. The number of aryl methyl sites for hydroxylation is 2. The Kier molecular flexibility index (Phi) is 4.83. The summed E-state index contributed by atoms with van der Waals surface area (Å²) in [5.74, 6) is 0.762. The van der Waals surface area contributed by atoms with Crippen molar-refractivity contribution >= 4 is 11.7 Å². The molecular formula is C18H19N5O3. The van der Waals surface area contributed by atoms with Crippen LogP contribution < -0.4 is 15.6 Å². The molecule has 3 aromatic rings. The van der Waals surface area contributed by atoms with Gasteiger partial charge in [0.1, 0.15) is 11.6 Å². The standard InChI is InChI=1S/C18H19N5O3/c1-4-12-10-16(24)21-18(19-12)23-15(9-11(2)22-23)20-17(25)13-7-5-6-8-14(13)26-3/h5-10H,4H2,1-3H3,(H,20,25)(H,19,21,24). The second kappa shape index (κ2) is 7.22. The first kappa shape index (κ1) is 17.4. The van der Waals surface area contributed by atoms with Gasteiger partial charge in [-0.1, -0.05) is 19.1 Å². The third kappa shape index (κ3) is 3.49. The SMILES string of the molecule is CCc1cc(=O)[nH]c(-n2nc(C)cc2NC(=O)c2ccccc2OC)n1. The van der Waals surface area contributed by atoms with Gasteiger partial charge in [-0.25, -0.2) is 4.98 Å². The predicted octanol–water partition coefficient (Wildman–Crippen LogP) is 2.09. The van der Waals surface area contributed by atoms with Gasteiger partial charge in [0.05, 0.1) is 18.4 Å². The van der Waals surface area contributed by atoms with Crippen LogP contribution >= 0.6 is 0 Å². The van der Waals surface area contributed by atoms with E-state index in [2.05, 4.69) is 20.4 Å². The smallest absolute Gasteiger partial charge is 0.260 e. The highest BCUT2D eigenvalue weighted by Gasteiger charge is 2.16. The van der Waals surface area contributed by atoms with E-state index in [-0.39, 0.29) is 17.4 Å². The highest BCUT2D eigenvalue weighted by atomic mass is 16.5. The molecule has 26 heavy (non-hydrogen) atoms. The molecule has 8 nitrogen and oxygen atoms in total. The summed E-state index contributed by atoms with van der Waals surface area (Å²) in [7, 11) is 1.51. The molecule has 0 fully saturated rings. The van der Waals surface area contributed by atoms with Gasteiger partial charge in [-0.3, -0.25) is 14.6 Å². The molecule has 0 atom stereocenters. The van der Waals surface area contributed by atoms with Crippen LogP contribution in [-0.4, -0.2) is 32.8 Å².